The van der Waals surface area contributed by atoms with Crippen LogP contribution in [0.15, 0.2) is 91.0 Å². The molecule has 3 rings (SSSR count). The summed E-state index contributed by atoms with van der Waals surface area (Å²) in [6.07, 6.45) is -0.925. The quantitative estimate of drug-likeness (QED) is 0.477. The average Bonchev–Trinajstić information content (AvgIpc) is 2.81. The highest BCUT2D eigenvalue weighted by atomic mass is 16.6. The third-order valence-corrected chi connectivity index (χ3v) is 4.69. The molecule has 2 amide bonds. The number of nitrogens with zero attached hydrogens (tertiary/aromatic N) is 1. The zero-order chi connectivity index (χ0) is 21.2. The van der Waals surface area contributed by atoms with Crippen molar-refractivity contribution in [3.05, 3.63) is 108 Å². The molecule has 5 heteroatoms. The fourth-order valence-electron chi connectivity index (χ4n) is 3.15. The summed E-state index contributed by atoms with van der Waals surface area (Å²) in [5, 5.41) is 0. The van der Waals surface area contributed by atoms with E-state index in [1.165, 1.54) is 0 Å². The topological polar surface area (TPSA) is 55.8 Å². The molecule has 0 radical (unpaired) electrons. The number of amides is 2. The monoisotopic (exact) mass is 403 g/mol. The molecule has 0 N–H and O–H groups in total. The molecule has 0 fully saturated rings. The predicted molar refractivity (Wildman–Crippen MR) is 115 cm³/mol. The Hall–Kier alpha value is -3.60. The molecule has 0 bridgehead atoms. The van der Waals surface area contributed by atoms with Gasteiger partial charge in [-0.15, -0.1) is 0 Å². The standard InChI is InChI=1S/C25H25NO4/c1-2-23(22-16-10-5-11-17-22)26(24(27)29-18-20-12-6-3-7-13-20)25(28)30-19-21-14-8-4-9-15-21/h3-17,23H,2,18-19H2,1H3. The second-order valence-corrected chi connectivity index (χ2v) is 6.79. The highest BCUT2D eigenvalue weighted by molar-refractivity contribution is 5.88. The van der Waals surface area contributed by atoms with E-state index in [4.69, 9.17) is 9.47 Å². The summed E-state index contributed by atoms with van der Waals surface area (Å²) >= 11 is 0. The van der Waals surface area contributed by atoms with Gasteiger partial charge in [0.05, 0.1) is 6.04 Å². The fourth-order valence-corrected chi connectivity index (χ4v) is 3.15. The van der Waals surface area contributed by atoms with Crippen LogP contribution in [-0.2, 0) is 22.7 Å². The molecule has 1 atom stereocenters. The van der Waals surface area contributed by atoms with Gasteiger partial charge in [-0.25, -0.2) is 14.5 Å². The lowest BCUT2D eigenvalue weighted by Gasteiger charge is -2.28. The molecule has 154 valence electrons. The molecule has 0 aliphatic heterocycles. The molecule has 0 aliphatic rings. The van der Waals surface area contributed by atoms with Gasteiger partial charge in [0.1, 0.15) is 13.2 Å². The minimum absolute atomic E-state index is 0.0767. The highest BCUT2D eigenvalue weighted by Crippen LogP contribution is 2.26. The summed E-state index contributed by atoms with van der Waals surface area (Å²) in [6, 6.07) is 27.6. The molecular formula is C25H25NO4. The summed E-state index contributed by atoms with van der Waals surface area (Å²) < 4.78 is 10.9. The highest BCUT2D eigenvalue weighted by Gasteiger charge is 2.32. The Balaban J connectivity index is 1.77. The smallest absolute Gasteiger partial charge is 0.420 e. The molecule has 0 aromatic heterocycles. The molecule has 0 saturated carbocycles. The van der Waals surface area contributed by atoms with Crippen molar-refractivity contribution in [2.24, 2.45) is 0 Å². The van der Waals surface area contributed by atoms with Gasteiger partial charge in [-0.2, -0.15) is 0 Å². The van der Waals surface area contributed by atoms with Gasteiger partial charge in [-0.05, 0) is 23.1 Å². The van der Waals surface area contributed by atoms with E-state index in [1.54, 1.807) is 0 Å². The zero-order valence-electron chi connectivity index (χ0n) is 16.9. The second-order valence-electron chi connectivity index (χ2n) is 6.79. The average molecular weight is 403 g/mol. The third kappa shape index (κ3) is 5.70. The minimum Gasteiger partial charge on any atom is -0.444 e. The molecule has 30 heavy (non-hydrogen) atoms. The van der Waals surface area contributed by atoms with Gasteiger partial charge >= 0.3 is 12.2 Å². The molecule has 1 unspecified atom stereocenters. The van der Waals surface area contributed by atoms with Crippen LogP contribution in [0.25, 0.3) is 0 Å². The fraction of sp³-hybridized carbons (Fsp3) is 0.200. The Labute approximate surface area is 176 Å². The van der Waals surface area contributed by atoms with Crippen molar-refractivity contribution in [3.8, 4) is 0 Å². The largest absolute Gasteiger partial charge is 0.444 e. The van der Waals surface area contributed by atoms with Crippen molar-refractivity contribution in [3.63, 3.8) is 0 Å². The van der Waals surface area contributed by atoms with Crippen molar-refractivity contribution in [1.82, 2.24) is 4.90 Å². The van der Waals surface area contributed by atoms with Crippen molar-refractivity contribution < 1.29 is 19.1 Å². The Morgan fingerprint density at radius 3 is 1.50 bits per heavy atom. The lowest BCUT2D eigenvalue weighted by atomic mass is 10.0. The number of ether oxygens (including phenoxy) is 2. The first kappa shape index (κ1) is 21.1. The normalized spacial score (nSPS) is 11.4. The van der Waals surface area contributed by atoms with Crippen LogP contribution in [0.4, 0.5) is 9.59 Å². The van der Waals surface area contributed by atoms with E-state index in [1.807, 2.05) is 97.9 Å². The first-order chi connectivity index (χ1) is 14.7. The molecule has 0 saturated heterocycles. The van der Waals surface area contributed by atoms with E-state index in [2.05, 4.69) is 0 Å². The van der Waals surface area contributed by atoms with Crippen molar-refractivity contribution in [2.45, 2.75) is 32.6 Å². The number of hydrogen-bond donors (Lipinski definition) is 0. The molecule has 3 aromatic rings. The van der Waals surface area contributed by atoms with E-state index >= 15 is 0 Å². The molecule has 0 spiro atoms. The van der Waals surface area contributed by atoms with Crippen LogP contribution in [0.1, 0.15) is 36.1 Å². The first-order valence-electron chi connectivity index (χ1n) is 9.94. The second kappa shape index (κ2) is 10.8. The third-order valence-electron chi connectivity index (χ3n) is 4.69. The van der Waals surface area contributed by atoms with Crippen LogP contribution in [-0.4, -0.2) is 17.1 Å². The maximum absolute atomic E-state index is 12.9. The SMILES string of the molecule is CCC(c1ccccc1)N(C(=O)OCc1ccccc1)C(=O)OCc1ccccc1. The van der Waals surface area contributed by atoms with Gasteiger partial charge in [0.2, 0.25) is 0 Å². The maximum atomic E-state index is 12.9. The van der Waals surface area contributed by atoms with Crippen molar-refractivity contribution in [2.75, 3.05) is 0 Å². The first-order valence-corrected chi connectivity index (χ1v) is 9.94. The Kier molecular flexibility index (Phi) is 7.61. The molecular weight excluding hydrogens is 378 g/mol. The lowest BCUT2D eigenvalue weighted by molar-refractivity contribution is 0.0552. The summed E-state index contributed by atoms with van der Waals surface area (Å²) in [5.41, 5.74) is 2.53. The van der Waals surface area contributed by atoms with Crippen LogP contribution < -0.4 is 0 Å². The Morgan fingerprint density at radius 2 is 1.10 bits per heavy atom. The summed E-state index contributed by atoms with van der Waals surface area (Å²) in [4.78, 5) is 27.0. The van der Waals surface area contributed by atoms with Gasteiger partial charge in [0.25, 0.3) is 0 Å². The van der Waals surface area contributed by atoms with Crippen LogP contribution in [0, 0.1) is 0 Å². The van der Waals surface area contributed by atoms with Crippen LogP contribution in [0.5, 0.6) is 0 Å². The van der Waals surface area contributed by atoms with E-state index in [0.717, 1.165) is 21.6 Å². The van der Waals surface area contributed by atoms with Crippen molar-refractivity contribution >= 4 is 12.2 Å². The van der Waals surface area contributed by atoms with Gasteiger partial charge in [-0.1, -0.05) is 97.9 Å². The molecule has 0 heterocycles. The van der Waals surface area contributed by atoms with Gasteiger partial charge in [0.15, 0.2) is 0 Å². The van der Waals surface area contributed by atoms with Crippen LogP contribution in [0.3, 0.4) is 0 Å². The number of carbonyl (C=O) groups excluding carboxylic acids is 2. The van der Waals surface area contributed by atoms with Crippen LogP contribution in [0.2, 0.25) is 0 Å². The summed E-state index contributed by atoms with van der Waals surface area (Å²) in [5.74, 6) is 0. The lowest BCUT2D eigenvalue weighted by Crippen LogP contribution is -2.40. The van der Waals surface area contributed by atoms with Gasteiger partial charge < -0.3 is 9.47 Å². The molecule has 3 aromatic carbocycles. The maximum Gasteiger partial charge on any atom is 0.420 e. The van der Waals surface area contributed by atoms with E-state index in [0.29, 0.717) is 6.42 Å². The predicted octanol–water partition coefficient (Wildman–Crippen LogP) is 6.11. The Bertz CT molecular complexity index is 874. The summed E-state index contributed by atoms with van der Waals surface area (Å²) in [7, 11) is 0. The number of benzene rings is 3. The van der Waals surface area contributed by atoms with E-state index < -0.39 is 18.2 Å². The van der Waals surface area contributed by atoms with Gasteiger partial charge in [0, 0.05) is 0 Å². The Morgan fingerprint density at radius 1 is 0.700 bits per heavy atom. The van der Waals surface area contributed by atoms with E-state index in [-0.39, 0.29) is 13.2 Å². The molecule has 0 aliphatic carbocycles. The zero-order valence-corrected chi connectivity index (χ0v) is 16.9. The van der Waals surface area contributed by atoms with Gasteiger partial charge in [-0.3, -0.25) is 0 Å². The van der Waals surface area contributed by atoms with Crippen molar-refractivity contribution in [1.29, 1.82) is 0 Å². The number of carbonyl (C=O) groups is 2. The number of rotatable bonds is 7. The van der Waals surface area contributed by atoms with Crippen LogP contribution >= 0.6 is 0 Å². The minimum atomic E-state index is -0.729. The number of hydrogen-bond acceptors (Lipinski definition) is 4. The van der Waals surface area contributed by atoms with E-state index in [9.17, 15) is 9.59 Å². The number of imide groups is 1. The molecule has 5 nitrogen and oxygen atoms in total. The summed E-state index contributed by atoms with van der Waals surface area (Å²) in [6.45, 7) is 2.07.